The summed E-state index contributed by atoms with van der Waals surface area (Å²) in [6, 6.07) is 14.1. The minimum atomic E-state index is 0.354. The first-order chi connectivity index (χ1) is 10.3. The third-order valence-corrected chi connectivity index (χ3v) is 4.40. The number of fused-ring (bicyclic) bond motifs is 1. The predicted octanol–water partition coefficient (Wildman–Crippen LogP) is 3.85. The molecule has 2 N–H and O–H groups in total. The summed E-state index contributed by atoms with van der Waals surface area (Å²) < 4.78 is 12.7. The number of hydrogen-bond donors (Lipinski definition) is 1. The fourth-order valence-electron chi connectivity index (χ4n) is 2.65. The summed E-state index contributed by atoms with van der Waals surface area (Å²) in [5.41, 5.74) is 8.03. The van der Waals surface area contributed by atoms with Crippen LogP contribution < -0.4 is 15.2 Å². The van der Waals surface area contributed by atoms with Gasteiger partial charge in [0.25, 0.3) is 0 Å². The van der Waals surface area contributed by atoms with Gasteiger partial charge in [-0.3, -0.25) is 0 Å². The molecule has 2 aromatic rings. The molecule has 0 radical (unpaired) electrons. The van der Waals surface area contributed by atoms with Crippen molar-refractivity contribution >= 4 is 15.9 Å². The SMILES string of the molecule is NCc1cccc(Br)c1OCC1CCOc2ccccc21. The zero-order chi connectivity index (χ0) is 14.7. The first-order valence-corrected chi connectivity index (χ1v) is 7.91. The molecule has 0 saturated carbocycles. The lowest BCUT2D eigenvalue weighted by Gasteiger charge is -2.26. The average molecular weight is 348 g/mol. The van der Waals surface area contributed by atoms with Gasteiger partial charge in [0.2, 0.25) is 0 Å². The van der Waals surface area contributed by atoms with Gasteiger partial charge in [-0.2, -0.15) is 0 Å². The largest absolute Gasteiger partial charge is 0.493 e. The lowest BCUT2D eigenvalue weighted by Crippen LogP contribution is -2.20. The number of ether oxygens (including phenoxy) is 2. The molecule has 4 heteroatoms. The Balaban J connectivity index is 1.78. The highest BCUT2D eigenvalue weighted by molar-refractivity contribution is 9.10. The van der Waals surface area contributed by atoms with Crippen molar-refractivity contribution in [1.29, 1.82) is 0 Å². The summed E-state index contributed by atoms with van der Waals surface area (Å²) in [6.45, 7) is 1.85. The summed E-state index contributed by atoms with van der Waals surface area (Å²) in [5, 5.41) is 0. The van der Waals surface area contributed by atoms with E-state index in [0.29, 0.717) is 19.1 Å². The van der Waals surface area contributed by atoms with Gasteiger partial charge in [-0.05, 0) is 34.5 Å². The highest BCUT2D eigenvalue weighted by Crippen LogP contribution is 2.35. The van der Waals surface area contributed by atoms with E-state index in [-0.39, 0.29) is 0 Å². The van der Waals surface area contributed by atoms with E-state index in [9.17, 15) is 0 Å². The van der Waals surface area contributed by atoms with Crippen LogP contribution >= 0.6 is 15.9 Å². The van der Waals surface area contributed by atoms with Gasteiger partial charge >= 0.3 is 0 Å². The van der Waals surface area contributed by atoms with E-state index in [0.717, 1.165) is 34.6 Å². The summed E-state index contributed by atoms with van der Waals surface area (Å²) in [5.74, 6) is 2.18. The molecule has 1 aliphatic rings. The van der Waals surface area contributed by atoms with Crippen LogP contribution in [0.5, 0.6) is 11.5 Å². The summed E-state index contributed by atoms with van der Waals surface area (Å²) in [6.07, 6.45) is 0.972. The zero-order valence-electron chi connectivity index (χ0n) is 11.7. The van der Waals surface area contributed by atoms with E-state index < -0.39 is 0 Å². The van der Waals surface area contributed by atoms with E-state index in [4.69, 9.17) is 15.2 Å². The normalized spacial score (nSPS) is 17.0. The molecular weight excluding hydrogens is 330 g/mol. The van der Waals surface area contributed by atoms with Crippen molar-refractivity contribution < 1.29 is 9.47 Å². The zero-order valence-corrected chi connectivity index (χ0v) is 13.3. The van der Waals surface area contributed by atoms with Crippen LogP contribution in [0.2, 0.25) is 0 Å². The minimum Gasteiger partial charge on any atom is -0.493 e. The Bertz CT molecular complexity index is 630. The van der Waals surface area contributed by atoms with Crippen molar-refractivity contribution in [2.45, 2.75) is 18.9 Å². The van der Waals surface area contributed by atoms with Crippen LogP contribution in [0.1, 0.15) is 23.5 Å². The molecule has 0 spiro atoms. The van der Waals surface area contributed by atoms with Crippen LogP contribution in [-0.4, -0.2) is 13.2 Å². The molecule has 0 aromatic heterocycles. The number of nitrogens with two attached hydrogens (primary N) is 1. The highest BCUT2D eigenvalue weighted by atomic mass is 79.9. The maximum atomic E-state index is 6.07. The molecule has 0 amide bonds. The monoisotopic (exact) mass is 347 g/mol. The van der Waals surface area contributed by atoms with Gasteiger partial charge in [0, 0.05) is 23.6 Å². The Morgan fingerprint density at radius 3 is 2.90 bits per heavy atom. The molecule has 21 heavy (non-hydrogen) atoms. The summed E-state index contributed by atoms with van der Waals surface area (Å²) >= 11 is 3.54. The summed E-state index contributed by atoms with van der Waals surface area (Å²) in [7, 11) is 0. The Labute approximate surface area is 133 Å². The molecule has 3 nitrogen and oxygen atoms in total. The van der Waals surface area contributed by atoms with Crippen molar-refractivity contribution in [3.05, 3.63) is 58.1 Å². The quantitative estimate of drug-likeness (QED) is 0.913. The topological polar surface area (TPSA) is 44.5 Å². The number of hydrogen-bond acceptors (Lipinski definition) is 3. The van der Waals surface area contributed by atoms with Crippen molar-refractivity contribution in [2.75, 3.05) is 13.2 Å². The molecule has 1 heterocycles. The van der Waals surface area contributed by atoms with E-state index in [1.54, 1.807) is 0 Å². The molecule has 0 saturated heterocycles. The molecular formula is C17H18BrNO2. The smallest absolute Gasteiger partial charge is 0.137 e. The van der Waals surface area contributed by atoms with Crippen LogP contribution in [0, 0.1) is 0 Å². The molecule has 110 valence electrons. The fraction of sp³-hybridized carbons (Fsp3) is 0.294. The second-order valence-electron chi connectivity index (χ2n) is 5.12. The maximum absolute atomic E-state index is 6.07. The first kappa shape index (κ1) is 14.4. The molecule has 1 atom stereocenters. The van der Waals surface area contributed by atoms with E-state index in [1.807, 2.05) is 36.4 Å². The van der Waals surface area contributed by atoms with Crippen LogP contribution in [0.4, 0.5) is 0 Å². The third-order valence-electron chi connectivity index (χ3n) is 3.78. The number of para-hydroxylation sites is 2. The van der Waals surface area contributed by atoms with Crippen molar-refractivity contribution in [3.8, 4) is 11.5 Å². The van der Waals surface area contributed by atoms with Gasteiger partial charge in [-0.25, -0.2) is 0 Å². The van der Waals surface area contributed by atoms with Crippen molar-refractivity contribution in [2.24, 2.45) is 5.73 Å². The minimum absolute atomic E-state index is 0.354. The van der Waals surface area contributed by atoms with E-state index in [2.05, 4.69) is 22.0 Å². The Hall–Kier alpha value is -1.52. The summed E-state index contributed by atoms with van der Waals surface area (Å²) in [4.78, 5) is 0. The molecule has 3 rings (SSSR count). The molecule has 0 fully saturated rings. The molecule has 1 aliphatic heterocycles. The van der Waals surface area contributed by atoms with Gasteiger partial charge in [0.05, 0.1) is 17.7 Å². The second kappa shape index (κ2) is 6.50. The van der Waals surface area contributed by atoms with Crippen LogP contribution in [0.25, 0.3) is 0 Å². The fourth-order valence-corrected chi connectivity index (χ4v) is 3.17. The Kier molecular flexibility index (Phi) is 4.46. The van der Waals surface area contributed by atoms with Crippen LogP contribution in [-0.2, 0) is 6.54 Å². The lowest BCUT2D eigenvalue weighted by molar-refractivity contribution is 0.216. The van der Waals surface area contributed by atoms with E-state index in [1.165, 1.54) is 5.56 Å². The van der Waals surface area contributed by atoms with Gasteiger partial charge in [0.1, 0.15) is 11.5 Å². The Morgan fingerprint density at radius 1 is 1.19 bits per heavy atom. The first-order valence-electron chi connectivity index (χ1n) is 7.11. The van der Waals surface area contributed by atoms with Gasteiger partial charge < -0.3 is 15.2 Å². The van der Waals surface area contributed by atoms with Crippen molar-refractivity contribution in [1.82, 2.24) is 0 Å². The van der Waals surface area contributed by atoms with Crippen LogP contribution in [0.3, 0.4) is 0 Å². The second-order valence-corrected chi connectivity index (χ2v) is 5.97. The van der Waals surface area contributed by atoms with Crippen molar-refractivity contribution in [3.63, 3.8) is 0 Å². The van der Waals surface area contributed by atoms with Gasteiger partial charge in [-0.15, -0.1) is 0 Å². The van der Waals surface area contributed by atoms with E-state index >= 15 is 0 Å². The van der Waals surface area contributed by atoms with Gasteiger partial charge in [0.15, 0.2) is 0 Å². The maximum Gasteiger partial charge on any atom is 0.137 e. The van der Waals surface area contributed by atoms with Crippen LogP contribution in [0.15, 0.2) is 46.9 Å². The third kappa shape index (κ3) is 3.06. The number of rotatable bonds is 4. The molecule has 2 aromatic carbocycles. The average Bonchev–Trinajstić information content (AvgIpc) is 2.53. The Morgan fingerprint density at radius 2 is 2.05 bits per heavy atom. The molecule has 0 bridgehead atoms. The standard InChI is InChI=1S/C17H18BrNO2/c18-15-6-3-4-12(10-19)17(15)21-11-13-8-9-20-16-7-2-1-5-14(13)16/h1-7,13H,8-11,19H2. The molecule has 1 unspecified atom stereocenters. The number of halogens is 1. The molecule has 0 aliphatic carbocycles. The lowest BCUT2D eigenvalue weighted by atomic mass is 9.94. The highest BCUT2D eigenvalue weighted by Gasteiger charge is 2.22. The van der Waals surface area contributed by atoms with Gasteiger partial charge in [-0.1, -0.05) is 30.3 Å². The number of benzene rings is 2. The predicted molar refractivity (Wildman–Crippen MR) is 86.8 cm³/mol.